The number of nitrogens with one attached hydrogen (secondary N) is 1. The SMILES string of the molecule is CNC(C)Cc1noc(-c2coc(Br)c2)n1. The first-order valence-corrected chi connectivity index (χ1v) is 5.72. The van der Waals surface area contributed by atoms with E-state index in [0.29, 0.717) is 22.4 Å². The van der Waals surface area contributed by atoms with Gasteiger partial charge in [0.15, 0.2) is 10.5 Å². The molecule has 0 aliphatic rings. The molecule has 0 aromatic carbocycles. The summed E-state index contributed by atoms with van der Waals surface area (Å²) in [5.74, 6) is 1.17. The second-order valence-corrected chi connectivity index (χ2v) is 4.33. The molecule has 5 nitrogen and oxygen atoms in total. The largest absolute Gasteiger partial charge is 0.457 e. The zero-order valence-corrected chi connectivity index (χ0v) is 10.6. The molecule has 2 heterocycles. The summed E-state index contributed by atoms with van der Waals surface area (Å²) in [6, 6.07) is 2.11. The van der Waals surface area contributed by atoms with Crippen LogP contribution >= 0.6 is 15.9 Å². The second kappa shape index (κ2) is 4.80. The Labute approximate surface area is 101 Å². The van der Waals surface area contributed by atoms with E-state index in [2.05, 4.69) is 38.3 Å². The highest BCUT2D eigenvalue weighted by Crippen LogP contribution is 2.23. The topological polar surface area (TPSA) is 64.1 Å². The van der Waals surface area contributed by atoms with E-state index in [9.17, 15) is 0 Å². The Bertz CT molecular complexity index is 466. The third-order valence-electron chi connectivity index (χ3n) is 2.26. The number of furan rings is 1. The van der Waals surface area contributed by atoms with Gasteiger partial charge in [-0.2, -0.15) is 4.98 Å². The van der Waals surface area contributed by atoms with E-state index in [-0.39, 0.29) is 0 Å². The van der Waals surface area contributed by atoms with E-state index in [4.69, 9.17) is 8.94 Å². The molecule has 2 aromatic heterocycles. The van der Waals surface area contributed by atoms with Gasteiger partial charge in [-0.1, -0.05) is 5.16 Å². The molecule has 1 atom stereocenters. The summed E-state index contributed by atoms with van der Waals surface area (Å²) < 4.78 is 10.9. The van der Waals surface area contributed by atoms with Gasteiger partial charge in [-0.05, 0) is 29.9 Å². The van der Waals surface area contributed by atoms with Crippen LogP contribution in [0.1, 0.15) is 12.7 Å². The third kappa shape index (κ3) is 2.51. The van der Waals surface area contributed by atoms with Crippen molar-refractivity contribution < 1.29 is 8.94 Å². The number of hydrogen-bond donors (Lipinski definition) is 1. The molecule has 0 saturated carbocycles. The van der Waals surface area contributed by atoms with Crippen molar-refractivity contribution in [1.29, 1.82) is 0 Å². The summed E-state index contributed by atoms with van der Waals surface area (Å²) in [7, 11) is 1.90. The Morgan fingerprint density at radius 1 is 1.56 bits per heavy atom. The normalized spacial score (nSPS) is 12.9. The van der Waals surface area contributed by atoms with Gasteiger partial charge in [0.1, 0.15) is 6.26 Å². The predicted octanol–water partition coefficient (Wildman–Crippen LogP) is 2.24. The molecule has 0 radical (unpaired) electrons. The summed E-state index contributed by atoms with van der Waals surface area (Å²) in [6.45, 7) is 2.06. The number of likely N-dealkylation sites (N-methyl/N-ethyl adjacent to an activating group) is 1. The fourth-order valence-electron chi connectivity index (χ4n) is 1.25. The van der Waals surface area contributed by atoms with Crippen molar-refractivity contribution >= 4 is 15.9 Å². The lowest BCUT2D eigenvalue weighted by Gasteiger charge is -2.04. The number of hydrogen-bond acceptors (Lipinski definition) is 5. The van der Waals surface area contributed by atoms with Crippen molar-refractivity contribution in [3.63, 3.8) is 0 Å². The molecule has 0 fully saturated rings. The Morgan fingerprint density at radius 3 is 3.00 bits per heavy atom. The summed E-state index contributed by atoms with van der Waals surface area (Å²) >= 11 is 3.22. The van der Waals surface area contributed by atoms with Gasteiger partial charge < -0.3 is 14.3 Å². The highest BCUT2D eigenvalue weighted by atomic mass is 79.9. The predicted molar refractivity (Wildman–Crippen MR) is 61.9 cm³/mol. The minimum Gasteiger partial charge on any atom is -0.457 e. The second-order valence-electron chi connectivity index (χ2n) is 3.55. The molecule has 0 saturated heterocycles. The lowest BCUT2D eigenvalue weighted by molar-refractivity contribution is 0.417. The zero-order chi connectivity index (χ0) is 11.5. The lowest BCUT2D eigenvalue weighted by Crippen LogP contribution is -2.24. The first-order valence-electron chi connectivity index (χ1n) is 4.93. The zero-order valence-electron chi connectivity index (χ0n) is 9.03. The van der Waals surface area contributed by atoms with Crippen molar-refractivity contribution in [2.75, 3.05) is 7.05 Å². The molecule has 0 bridgehead atoms. The van der Waals surface area contributed by atoms with Gasteiger partial charge in [-0.15, -0.1) is 0 Å². The Morgan fingerprint density at radius 2 is 2.38 bits per heavy atom. The molecule has 16 heavy (non-hydrogen) atoms. The van der Waals surface area contributed by atoms with Gasteiger partial charge in [0, 0.05) is 18.5 Å². The maximum atomic E-state index is 5.14. The molecule has 2 aromatic rings. The van der Waals surface area contributed by atoms with Crippen molar-refractivity contribution in [3.05, 3.63) is 22.8 Å². The van der Waals surface area contributed by atoms with Crippen LogP contribution in [0.4, 0.5) is 0 Å². The Balaban J connectivity index is 2.13. The molecule has 0 amide bonds. The van der Waals surface area contributed by atoms with Crippen molar-refractivity contribution in [3.8, 4) is 11.5 Å². The highest BCUT2D eigenvalue weighted by Gasteiger charge is 2.12. The van der Waals surface area contributed by atoms with E-state index >= 15 is 0 Å². The van der Waals surface area contributed by atoms with Crippen LogP contribution in [-0.4, -0.2) is 23.2 Å². The van der Waals surface area contributed by atoms with Crippen molar-refractivity contribution in [2.24, 2.45) is 0 Å². The van der Waals surface area contributed by atoms with E-state index < -0.39 is 0 Å². The minimum atomic E-state index is 0.321. The van der Waals surface area contributed by atoms with Crippen LogP contribution in [0.3, 0.4) is 0 Å². The van der Waals surface area contributed by atoms with Crippen LogP contribution in [0.15, 0.2) is 25.9 Å². The van der Waals surface area contributed by atoms with Crippen LogP contribution < -0.4 is 5.32 Å². The molecule has 1 unspecified atom stereocenters. The molecule has 1 N–H and O–H groups in total. The van der Waals surface area contributed by atoms with Crippen molar-refractivity contribution in [2.45, 2.75) is 19.4 Å². The van der Waals surface area contributed by atoms with Crippen LogP contribution in [0.25, 0.3) is 11.5 Å². The van der Waals surface area contributed by atoms with Crippen LogP contribution in [0.2, 0.25) is 0 Å². The van der Waals surface area contributed by atoms with Gasteiger partial charge in [0.25, 0.3) is 5.89 Å². The summed E-state index contributed by atoms with van der Waals surface area (Å²) in [4.78, 5) is 4.28. The average molecular weight is 286 g/mol. The first-order chi connectivity index (χ1) is 7.69. The van der Waals surface area contributed by atoms with Crippen molar-refractivity contribution in [1.82, 2.24) is 15.5 Å². The summed E-state index contributed by atoms with van der Waals surface area (Å²) in [5.41, 5.74) is 0.780. The number of nitrogens with zero attached hydrogens (tertiary/aromatic N) is 2. The van der Waals surface area contributed by atoms with Crippen LogP contribution in [0.5, 0.6) is 0 Å². The van der Waals surface area contributed by atoms with E-state index in [1.807, 2.05) is 7.05 Å². The Kier molecular flexibility index (Phi) is 3.40. The van der Waals surface area contributed by atoms with E-state index in [1.54, 1.807) is 12.3 Å². The highest BCUT2D eigenvalue weighted by molar-refractivity contribution is 9.10. The standard InChI is InChI=1S/C10H12BrN3O2/c1-6(12-2)3-9-13-10(16-14-9)7-4-8(11)15-5-7/h4-6,12H,3H2,1-2H3. The van der Waals surface area contributed by atoms with E-state index in [0.717, 1.165) is 12.0 Å². The molecule has 0 aliphatic carbocycles. The number of rotatable bonds is 4. The molecule has 2 rings (SSSR count). The quantitative estimate of drug-likeness (QED) is 0.933. The first kappa shape index (κ1) is 11.3. The smallest absolute Gasteiger partial charge is 0.261 e. The van der Waals surface area contributed by atoms with Gasteiger partial charge >= 0.3 is 0 Å². The van der Waals surface area contributed by atoms with Gasteiger partial charge in [0.2, 0.25) is 0 Å². The van der Waals surface area contributed by atoms with Crippen LogP contribution in [0, 0.1) is 0 Å². The molecule has 0 aliphatic heterocycles. The maximum Gasteiger partial charge on any atom is 0.261 e. The summed E-state index contributed by atoms with van der Waals surface area (Å²) in [6.07, 6.45) is 2.31. The summed E-state index contributed by atoms with van der Waals surface area (Å²) in [5, 5.41) is 7.03. The maximum absolute atomic E-state index is 5.14. The number of aromatic nitrogens is 2. The number of halogens is 1. The Hall–Kier alpha value is -1.14. The minimum absolute atomic E-state index is 0.321. The van der Waals surface area contributed by atoms with E-state index in [1.165, 1.54) is 0 Å². The molecule has 6 heteroatoms. The third-order valence-corrected chi connectivity index (χ3v) is 2.68. The van der Waals surface area contributed by atoms with Crippen LogP contribution in [-0.2, 0) is 6.42 Å². The molecule has 0 spiro atoms. The fraction of sp³-hybridized carbons (Fsp3) is 0.400. The molecule has 86 valence electrons. The fourth-order valence-corrected chi connectivity index (χ4v) is 1.59. The van der Waals surface area contributed by atoms with Gasteiger partial charge in [-0.25, -0.2) is 0 Å². The molecular weight excluding hydrogens is 274 g/mol. The molecular formula is C10H12BrN3O2. The van der Waals surface area contributed by atoms with Gasteiger partial charge in [0.05, 0.1) is 5.56 Å². The van der Waals surface area contributed by atoms with Gasteiger partial charge in [-0.3, -0.25) is 0 Å². The lowest BCUT2D eigenvalue weighted by atomic mass is 10.2. The average Bonchev–Trinajstić information content (AvgIpc) is 2.87. The monoisotopic (exact) mass is 285 g/mol.